The maximum atomic E-state index is 4.47. The van der Waals surface area contributed by atoms with E-state index in [1.807, 2.05) is 18.3 Å². The highest BCUT2D eigenvalue weighted by molar-refractivity contribution is 5.45. The van der Waals surface area contributed by atoms with Crippen LogP contribution in [0, 0.1) is 6.92 Å². The number of nitrogens with one attached hydrogen (secondary N) is 2. The number of rotatable bonds is 4. The molecule has 0 saturated heterocycles. The van der Waals surface area contributed by atoms with E-state index in [0.29, 0.717) is 5.95 Å². The number of anilines is 1. The fourth-order valence-electron chi connectivity index (χ4n) is 2.29. The third-order valence-corrected chi connectivity index (χ3v) is 3.38. The summed E-state index contributed by atoms with van der Waals surface area (Å²) in [6, 6.07) is 4.07. The first-order chi connectivity index (χ1) is 9.31. The molecule has 0 fully saturated rings. The molecule has 0 aliphatic carbocycles. The van der Waals surface area contributed by atoms with Gasteiger partial charge in [-0.1, -0.05) is 11.6 Å². The highest BCUT2D eigenvalue weighted by Gasteiger charge is 2.05. The number of fused-ring (bicyclic) bond motifs is 1. The van der Waals surface area contributed by atoms with Crippen molar-refractivity contribution in [1.82, 2.24) is 19.9 Å². The van der Waals surface area contributed by atoms with Gasteiger partial charge in [0.25, 0.3) is 0 Å². The van der Waals surface area contributed by atoms with Crippen molar-refractivity contribution in [3.8, 4) is 0 Å². The monoisotopic (exact) mass is 257 g/mol. The van der Waals surface area contributed by atoms with Crippen LogP contribution in [0.1, 0.15) is 18.4 Å². The summed E-state index contributed by atoms with van der Waals surface area (Å²) in [5.74, 6) is 0.708. The van der Waals surface area contributed by atoms with Crippen molar-refractivity contribution >= 4 is 11.6 Å². The van der Waals surface area contributed by atoms with Crippen LogP contribution in [0.3, 0.4) is 0 Å². The number of aromatic nitrogens is 3. The standard InChI is InChI=1S/C14H19N5/c1-11-5-9-19-13(10-11)17-14(18-19)16-8-4-12-2-6-15-7-3-12/h2,5,9-10,15H,3-4,6-8H2,1H3,(H,16,18). The van der Waals surface area contributed by atoms with Crippen molar-refractivity contribution in [1.29, 1.82) is 0 Å². The number of hydrogen-bond donors (Lipinski definition) is 2. The van der Waals surface area contributed by atoms with Crippen LogP contribution in [0.4, 0.5) is 5.95 Å². The molecule has 0 atom stereocenters. The van der Waals surface area contributed by atoms with E-state index < -0.39 is 0 Å². The summed E-state index contributed by atoms with van der Waals surface area (Å²) in [7, 11) is 0. The number of nitrogens with zero attached hydrogens (tertiary/aromatic N) is 3. The van der Waals surface area contributed by atoms with Crippen LogP contribution in [0.25, 0.3) is 5.65 Å². The smallest absolute Gasteiger partial charge is 0.243 e. The van der Waals surface area contributed by atoms with Gasteiger partial charge in [-0.3, -0.25) is 0 Å². The molecule has 0 radical (unpaired) electrons. The zero-order valence-corrected chi connectivity index (χ0v) is 11.2. The van der Waals surface area contributed by atoms with Gasteiger partial charge in [0, 0.05) is 19.3 Å². The molecule has 100 valence electrons. The zero-order valence-electron chi connectivity index (χ0n) is 11.2. The predicted octanol–water partition coefficient (Wildman–Crippen LogP) is 1.76. The first kappa shape index (κ1) is 12.2. The lowest BCUT2D eigenvalue weighted by atomic mass is 10.1. The van der Waals surface area contributed by atoms with Crippen molar-refractivity contribution < 1.29 is 0 Å². The summed E-state index contributed by atoms with van der Waals surface area (Å²) in [4.78, 5) is 4.47. The molecule has 5 heteroatoms. The molecule has 3 rings (SSSR count). The van der Waals surface area contributed by atoms with Gasteiger partial charge in [0.1, 0.15) is 0 Å². The van der Waals surface area contributed by atoms with Gasteiger partial charge < -0.3 is 10.6 Å². The van der Waals surface area contributed by atoms with Gasteiger partial charge in [-0.2, -0.15) is 4.98 Å². The fourth-order valence-corrected chi connectivity index (χ4v) is 2.29. The molecule has 0 aromatic carbocycles. The van der Waals surface area contributed by atoms with E-state index in [0.717, 1.165) is 38.1 Å². The second-order valence-corrected chi connectivity index (χ2v) is 4.94. The summed E-state index contributed by atoms with van der Waals surface area (Å²) >= 11 is 0. The number of hydrogen-bond acceptors (Lipinski definition) is 4. The Balaban J connectivity index is 1.60. The largest absolute Gasteiger partial charge is 0.353 e. The Kier molecular flexibility index (Phi) is 3.46. The highest BCUT2D eigenvalue weighted by atomic mass is 15.3. The molecule has 0 bridgehead atoms. The average Bonchev–Trinajstić information content (AvgIpc) is 2.82. The summed E-state index contributed by atoms with van der Waals surface area (Å²) in [5.41, 5.74) is 3.61. The SMILES string of the molecule is Cc1ccn2nc(NCCC3=CCNCC3)nc2c1. The van der Waals surface area contributed by atoms with Crippen molar-refractivity contribution in [2.75, 3.05) is 25.0 Å². The summed E-state index contributed by atoms with van der Waals surface area (Å²) < 4.78 is 1.80. The second kappa shape index (κ2) is 5.40. The van der Waals surface area contributed by atoms with Crippen molar-refractivity contribution in [2.45, 2.75) is 19.8 Å². The lowest BCUT2D eigenvalue weighted by Crippen LogP contribution is -2.21. The van der Waals surface area contributed by atoms with Crippen LogP contribution in [0.15, 0.2) is 30.0 Å². The quantitative estimate of drug-likeness (QED) is 0.820. The Morgan fingerprint density at radius 2 is 2.42 bits per heavy atom. The van der Waals surface area contributed by atoms with E-state index in [1.54, 1.807) is 4.52 Å². The first-order valence-electron chi connectivity index (χ1n) is 6.77. The van der Waals surface area contributed by atoms with Crippen molar-refractivity contribution in [3.63, 3.8) is 0 Å². The van der Waals surface area contributed by atoms with Gasteiger partial charge in [-0.25, -0.2) is 4.52 Å². The topological polar surface area (TPSA) is 54.2 Å². The fraction of sp³-hybridized carbons (Fsp3) is 0.429. The van der Waals surface area contributed by atoms with E-state index in [-0.39, 0.29) is 0 Å². The molecule has 19 heavy (non-hydrogen) atoms. The molecule has 0 spiro atoms. The van der Waals surface area contributed by atoms with Gasteiger partial charge in [0.05, 0.1) is 0 Å². The molecular weight excluding hydrogens is 238 g/mol. The molecule has 2 aromatic rings. The maximum Gasteiger partial charge on any atom is 0.243 e. The average molecular weight is 257 g/mol. The summed E-state index contributed by atoms with van der Waals surface area (Å²) in [6.07, 6.45) is 6.44. The molecule has 2 N–H and O–H groups in total. The van der Waals surface area contributed by atoms with Gasteiger partial charge >= 0.3 is 0 Å². The van der Waals surface area contributed by atoms with Crippen molar-refractivity contribution in [3.05, 3.63) is 35.5 Å². The van der Waals surface area contributed by atoms with Crippen LogP contribution in [-0.2, 0) is 0 Å². The molecule has 0 unspecified atom stereocenters. The lowest BCUT2D eigenvalue weighted by molar-refractivity contribution is 0.683. The minimum absolute atomic E-state index is 0.708. The maximum absolute atomic E-state index is 4.47. The van der Waals surface area contributed by atoms with Gasteiger partial charge in [0.15, 0.2) is 5.65 Å². The van der Waals surface area contributed by atoms with Crippen LogP contribution < -0.4 is 10.6 Å². The molecule has 0 amide bonds. The van der Waals surface area contributed by atoms with E-state index in [2.05, 4.69) is 33.7 Å². The summed E-state index contributed by atoms with van der Waals surface area (Å²) in [6.45, 7) is 5.05. The summed E-state index contributed by atoms with van der Waals surface area (Å²) in [5, 5.41) is 11.0. The highest BCUT2D eigenvalue weighted by Crippen LogP contribution is 2.11. The first-order valence-corrected chi connectivity index (χ1v) is 6.77. The van der Waals surface area contributed by atoms with Crippen LogP contribution in [-0.4, -0.2) is 34.2 Å². The molecule has 0 saturated carbocycles. The Morgan fingerprint density at radius 3 is 3.26 bits per heavy atom. The minimum atomic E-state index is 0.708. The van der Waals surface area contributed by atoms with E-state index in [4.69, 9.17) is 0 Å². The normalized spacial score (nSPS) is 15.5. The molecular formula is C14H19N5. The molecule has 5 nitrogen and oxygen atoms in total. The number of aryl methyl sites for hydroxylation is 1. The lowest BCUT2D eigenvalue weighted by Gasteiger charge is -2.13. The Morgan fingerprint density at radius 1 is 1.47 bits per heavy atom. The Hall–Kier alpha value is -1.88. The van der Waals surface area contributed by atoms with Crippen LogP contribution in [0.5, 0.6) is 0 Å². The molecule has 1 aliphatic rings. The van der Waals surface area contributed by atoms with Gasteiger partial charge in [-0.05, 0) is 44.0 Å². The Bertz CT molecular complexity index is 599. The number of pyridine rings is 1. The van der Waals surface area contributed by atoms with E-state index in [9.17, 15) is 0 Å². The van der Waals surface area contributed by atoms with E-state index in [1.165, 1.54) is 11.1 Å². The molecule has 2 aromatic heterocycles. The second-order valence-electron chi connectivity index (χ2n) is 4.94. The van der Waals surface area contributed by atoms with E-state index >= 15 is 0 Å². The third kappa shape index (κ3) is 2.93. The molecule has 3 heterocycles. The zero-order chi connectivity index (χ0) is 13.1. The molecule has 1 aliphatic heterocycles. The Labute approximate surface area is 112 Å². The third-order valence-electron chi connectivity index (χ3n) is 3.38. The van der Waals surface area contributed by atoms with Gasteiger partial charge in [0.2, 0.25) is 5.95 Å². The van der Waals surface area contributed by atoms with Gasteiger partial charge in [-0.15, -0.1) is 5.10 Å². The van der Waals surface area contributed by atoms with Crippen molar-refractivity contribution in [2.24, 2.45) is 0 Å². The van der Waals surface area contributed by atoms with Crippen LogP contribution in [0.2, 0.25) is 0 Å². The minimum Gasteiger partial charge on any atom is -0.353 e. The predicted molar refractivity (Wildman–Crippen MR) is 76.4 cm³/mol. The van der Waals surface area contributed by atoms with Crippen LogP contribution >= 0.6 is 0 Å².